The van der Waals surface area contributed by atoms with Crippen LogP contribution in [0, 0.1) is 6.92 Å². The van der Waals surface area contributed by atoms with E-state index in [-0.39, 0.29) is 0 Å². The van der Waals surface area contributed by atoms with Gasteiger partial charge in [0.2, 0.25) is 0 Å². The molecule has 0 saturated heterocycles. The zero-order valence-electron chi connectivity index (χ0n) is 11.4. The summed E-state index contributed by atoms with van der Waals surface area (Å²) in [4.78, 5) is 9.31. The minimum absolute atomic E-state index is 0.735. The number of hydrogen-bond acceptors (Lipinski definition) is 4. The second-order valence-corrected chi connectivity index (χ2v) is 5.99. The Hall–Kier alpha value is -1.46. The number of halogens is 1. The number of anilines is 1. The molecular formula is C15H17BrN4. The third-order valence-electron chi connectivity index (χ3n) is 3.75. The lowest BCUT2D eigenvalue weighted by molar-refractivity contribution is 0.665. The van der Waals surface area contributed by atoms with Crippen LogP contribution in [0.2, 0.25) is 0 Å². The Balaban J connectivity index is 2.11. The molecule has 0 amide bonds. The van der Waals surface area contributed by atoms with Crippen LogP contribution in [0.1, 0.15) is 29.7 Å². The summed E-state index contributed by atoms with van der Waals surface area (Å²) in [5.41, 5.74) is 7.24. The molecule has 4 nitrogen and oxygen atoms in total. The summed E-state index contributed by atoms with van der Waals surface area (Å²) in [6, 6.07) is 6.17. The van der Waals surface area contributed by atoms with Gasteiger partial charge in [-0.2, -0.15) is 0 Å². The number of aryl methyl sites for hydroxylation is 2. The lowest BCUT2D eigenvalue weighted by atomic mass is 9.96. The third-order valence-corrected chi connectivity index (χ3v) is 4.60. The van der Waals surface area contributed by atoms with Crippen molar-refractivity contribution >= 4 is 21.7 Å². The average Bonchev–Trinajstić information content (AvgIpc) is 2.49. The van der Waals surface area contributed by atoms with Gasteiger partial charge in [-0.1, -0.05) is 28.1 Å². The second-order valence-electron chi connectivity index (χ2n) is 5.14. The number of nitrogen functional groups attached to an aromatic ring is 1. The fraction of sp³-hybridized carbons (Fsp3) is 0.333. The van der Waals surface area contributed by atoms with Crippen LogP contribution in [-0.2, 0) is 12.8 Å². The molecule has 1 aliphatic carbocycles. The van der Waals surface area contributed by atoms with E-state index in [2.05, 4.69) is 45.4 Å². The number of nitrogens with two attached hydrogens (primary N) is 1. The molecule has 0 radical (unpaired) electrons. The van der Waals surface area contributed by atoms with E-state index in [0.717, 1.165) is 40.2 Å². The van der Waals surface area contributed by atoms with Crippen LogP contribution in [0.5, 0.6) is 0 Å². The highest BCUT2D eigenvalue weighted by molar-refractivity contribution is 9.10. The van der Waals surface area contributed by atoms with E-state index in [9.17, 15) is 0 Å². The highest BCUT2D eigenvalue weighted by atomic mass is 79.9. The average molecular weight is 333 g/mol. The van der Waals surface area contributed by atoms with Gasteiger partial charge in [-0.15, -0.1) is 0 Å². The van der Waals surface area contributed by atoms with E-state index in [0.29, 0.717) is 0 Å². The minimum Gasteiger partial charge on any atom is -0.308 e. The first-order valence-electron chi connectivity index (χ1n) is 6.82. The first-order chi connectivity index (χ1) is 9.69. The van der Waals surface area contributed by atoms with Crippen molar-refractivity contribution in [1.29, 1.82) is 0 Å². The van der Waals surface area contributed by atoms with E-state index >= 15 is 0 Å². The Kier molecular flexibility index (Phi) is 3.72. The van der Waals surface area contributed by atoms with Gasteiger partial charge < -0.3 is 5.43 Å². The Bertz CT molecular complexity index is 637. The number of nitrogens with zero attached hydrogens (tertiary/aromatic N) is 2. The van der Waals surface area contributed by atoms with Crippen LogP contribution >= 0.6 is 15.9 Å². The number of hydrazine groups is 1. The predicted octanol–water partition coefficient (Wildman–Crippen LogP) is 3.38. The predicted molar refractivity (Wildman–Crippen MR) is 84.4 cm³/mol. The molecule has 1 aromatic heterocycles. The normalized spacial score (nSPS) is 13.9. The summed E-state index contributed by atoms with van der Waals surface area (Å²) in [5.74, 6) is 7.13. The lowest BCUT2D eigenvalue weighted by Crippen LogP contribution is -2.17. The molecule has 0 atom stereocenters. The number of benzene rings is 1. The van der Waals surface area contributed by atoms with E-state index in [4.69, 9.17) is 10.8 Å². The highest BCUT2D eigenvalue weighted by Gasteiger charge is 2.18. The van der Waals surface area contributed by atoms with Crippen molar-refractivity contribution in [2.75, 3.05) is 5.43 Å². The lowest BCUT2D eigenvalue weighted by Gasteiger charge is -2.18. The summed E-state index contributed by atoms with van der Waals surface area (Å²) < 4.78 is 1.07. The van der Waals surface area contributed by atoms with Crippen LogP contribution in [0.4, 0.5) is 5.82 Å². The molecule has 0 fully saturated rings. The van der Waals surface area contributed by atoms with Crippen molar-refractivity contribution in [3.63, 3.8) is 0 Å². The van der Waals surface area contributed by atoms with Crippen molar-refractivity contribution in [1.82, 2.24) is 9.97 Å². The van der Waals surface area contributed by atoms with Crippen LogP contribution in [0.3, 0.4) is 0 Å². The van der Waals surface area contributed by atoms with Gasteiger partial charge >= 0.3 is 0 Å². The van der Waals surface area contributed by atoms with Crippen LogP contribution in [0.25, 0.3) is 11.4 Å². The SMILES string of the molecule is Cc1ccc(-c2nc3c(c(NN)n2)CCCC3)cc1Br. The molecular weight excluding hydrogens is 316 g/mol. The minimum atomic E-state index is 0.735. The third kappa shape index (κ3) is 2.43. The van der Waals surface area contributed by atoms with Crippen LogP contribution < -0.4 is 11.3 Å². The molecule has 2 aromatic rings. The molecule has 20 heavy (non-hydrogen) atoms. The van der Waals surface area contributed by atoms with Gasteiger partial charge in [0.1, 0.15) is 5.82 Å². The number of nitrogens with one attached hydrogen (secondary N) is 1. The first-order valence-corrected chi connectivity index (χ1v) is 7.61. The van der Waals surface area contributed by atoms with Crippen molar-refractivity contribution in [2.24, 2.45) is 5.84 Å². The largest absolute Gasteiger partial charge is 0.308 e. The number of hydrogen-bond donors (Lipinski definition) is 2. The quantitative estimate of drug-likeness (QED) is 0.653. The van der Waals surface area contributed by atoms with Crippen LogP contribution in [-0.4, -0.2) is 9.97 Å². The van der Waals surface area contributed by atoms with Crippen molar-refractivity contribution in [3.05, 3.63) is 39.5 Å². The zero-order chi connectivity index (χ0) is 14.1. The summed E-state index contributed by atoms with van der Waals surface area (Å²) in [7, 11) is 0. The molecule has 1 heterocycles. The number of fused-ring (bicyclic) bond motifs is 1. The summed E-state index contributed by atoms with van der Waals surface area (Å²) in [6.07, 6.45) is 4.38. The first kappa shape index (κ1) is 13.5. The fourth-order valence-electron chi connectivity index (χ4n) is 2.57. The molecule has 0 saturated carbocycles. The smallest absolute Gasteiger partial charge is 0.161 e. The molecule has 5 heteroatoms. The second kappa shape index (κ2) is 5.50. The molecule has 0 bridgehead atoms. The zero-order valence-corrected chi connectivity index (χ0v) is 13.0. The summed E-state index contributed by atoms with van der Waals surface area (Å²) in [5, 5.41) is 0. The standard InChI is InChI=1S/C15H17BrN4/c1-9-6-7-10(8-12(9)16)14-18-13-5-3-2-4-11(13)15(19-14)20-17/h6-8H,2-5,17H2,1H3,(H,18,19,20). The molecule has 0 spiro atoms. The monoisotopic (exact) mass is 332 g/mol. The molecule has 0 unspecified atom stereocenters. The fourth-order valence-corrected chi connectivity index (χ4v) is 2.95. The van der Waals surface area contributed by atoms with Gasteiger partial charge in [-0.25, -0.2) is 15.8 Å². The Labute approximate surface area is 126 Å². The maximum Gasteiger partial charge on any atom is 0.161 e. The summed E-state index contributed by atoms with van der Waals surface area (Å²) >= 11 is 3.56. The maximum absolute atomic E-state index is 5.63. The van der Waals surface area contributed by atoms with E-state index in [1.807, 2.05) is 6.07 Å². The van der Waals surface area contributed by atoms with Crippen molar-refractivity contribution in [2.45, 2.75) is 32.6 Å². The number of aromatic nitrogens is 2. The van der Waals surface area contributed by atoms with Gasteiger partial charge in [0.05, 0.1) is 0 Å². The van der Waals surface area contributed by atoms with Crippen LogP contribution in [0.15, 0.2) is 22.7 Å². The maximum atomic E-state index is 5.63. The number of rotatable bonds is 2. The molecule has 0 aliphatic heterocycles. The van der Waals surface area contributed by atoms with Gasteiger partial charge in [0, 0.05) is 21.3 Å². The molecule has 3 N–H and O–H groups in total. The Morgan fingerprint density at radius 1 is 1.20 bits per heavy atom. The van der Waals surface area contributed by atoms with Crippen molar-refractivity contribution in [3.8, 4) is 11.4 Å². The van der Waals surface area contributed by atoms with Gasteiger partial charge in [-0.3, -0.25) is 0 Å². The Morgan fingerprint density at radius 3 is 2.75 bits per heavy atom. The topological polar surface area (TPSA) is 63.8 Å². The molecule has 1 aliphatic rings. The van der Waals surface area contributed by atoms with Crippen molar-refractivity contribution < 1.29 is 0 Å². The van der Waals surface area contributed by atoms with E-state index in [1.54, 1.807) is 0 Å². The highest BCUT2D eigenvalue weighted by Crippen LogP contribution is 2.29. The molecule has 3 rings (SSSR count). The summed E-state index contributed by atoms with van der Waals surface area (Å²) in [6.45, 7) is 2.06. The Morgan fingerprint density at radius 2 is 2.00 bits per heavy atom. The molecule has 1 aromatic carbocycles. The van der Waals surface area contributed by atoms with Gasteiger partial charge in [-0.05, 0) is 44.2 Å². The van der Waals surface area contributed by atoms with Gasteiger partial charge in [0.15, 0.2) is 5.82 Å². The van der Waals surface area contributed by atoms with Gasteiger partial charge in [0.25, 0.3) is 0 Å². The van der Waals surface area contributed by atoms with E-state index in [1.165, 1.54) is 24.0 Å². The molecule has 104 valence electrons. The van der Waals surface area contributed by atoms with E-state index < -0.39 is 0 Å².